The maximum Gasteiger partial charge on any atom is 0.314 e. The molecule has 0 aliphatic rings. The fourth-order valence-corrected chi connectivity index (χ4v) is 2.42. The Labute approximate surface area is 130 Å². The molecule has 0 aliphatic carbocycles. The third kappa shape index (κ3) is 6.39. The predicted octanol–water partition coefficient (Wildman–Crippen LogP) is 2.63. The fourth-order valence-electron chi connectivity index (χ4n) is 1.94. The summed E-state index contributed by atoms with van der Waals surface area (Å²) < 4.78 is 1.09. The molecule has 0 saturated heterocycles. The summed E-state index contributed by atoms with van der Waals surface area (Å²) in [5.74, 6) is 0. The van der Waals surface area contributed by atoms with Gasteiger partial charge in [0.05, 0.1) is 0 Å². The van der Waals surface area contributed by atoms with Crippen LogP contribution in [0.15, 0.2) is 28.7 Å². The zero-order valence-corrected chi connectivity index (χ0v) is 13.9. The van der Waals surface area contributed by atoms with Gasteiger partial charge in [-0.25, -0.2) is 4.79 Å². The van der Waals surface area contributed by atoms with Crippen molar-refractivity contribution in [2.75, 3.05) is 32.7 Å². The molecule has 1 rings (SSSR count). The highest BCUT2D eigenvalue weighted by atomic mass is 79.9. The molecular weight excluding hydrogens is 318 g/mol. The van der Waals surface area contributed by atoms with Crippen LogP contribution in [0.1, 0.15) is 19.4 Å². The van der Waals surface area contributed by atoms with E-state index in [-0.39, 0.29) is 6.03 Å². The third-order valence-electron chi connectivity index (χ3n) is 3.25. The first kappa shape index (κ1) is 17.0. The van der Waals surface area contributed by atoms with Crippen molar-refractivity contribution in [3.8, 4) is 0 Å². The Hall–Kier alpha value is -1.07. The molecular formula is C15H24BrN3O. The number of urea groups is 1. The maximum atomic E-state index is 11.6. The van der Waals surface area contributed by atoms with Gasteiger partial charge < -0.3 is 15.5 Å². The summed E-state index contributed by atoms with van der Waals surface area (Å²) in [6, 6.07) is 7.97. The summed E-state index contributed by atoms with van der Waals surface area (Å²) in [5.41, 5.74) is 1.20. The zero-order chi connectivity index (χ0) is 14.8. The number of nitrogens with one attached hydrogen (secondary N) is 2. The molecule has 5 heteroatoms. The van der Waals surface area contributed by atoms with Crippen LogP contribution in [0.3, 0.4) is 0 Å². The highest BCUT2D eigenvalue weighted by Crippen LogP contribution is 2.15. The largest absolute Gasteiger partial charge is 0.338 e. The molecule has 0 saturated carbocycles. The second-order valence-electron chi connectivity index (χ2n) is 4.55. The van der Waals surface area contributed by atoms with Crippen LogP contribution < -0.4 is 10.6 Å². The normalized spacial score (nSPS) is 10.6. The number of rotatable bonds is 8. The average Bonchev–Trinajstić information content (AvgIpc) is 2.46. The predicted molar refractivity (Wildman–Crippen MR) is 87.0 cm³/mol. The molecule has 0 spiro atoms. The summed E-state index contributed by atoms with van der Waals surface area (Å²) in [4.78, 5) is 13.9. The van der Waals surface area contributed by atoms with Gasteiger partial charge in [0.1, 0.15) is 0 Å². The van der Waals surface area contributed by atoms with E-state index in [1.54, 1.807) is 0 Å². The van der Waals surface area contributed by atoms with E-state index in [9.17, 15) is 4.79 Å². The molecule has 0 radical (unpaired) electrons. The molecule has 0 aromatic heterocycles. The van der Waals surface area contributed by atoms with Crippen LogP contribution in [0.25, 0.3) is 0 Å². The van der Waals surface area contributed by atoms with Crippen molar-refractivity contribution in [2.24, 2.45) is 0 Å². The van der Waals surface area contributed by atoms with Crippen molar-refractivity contribution in [3.63, 3.8) is 0 Å². The molecule has 0 bridgehead atoms. The zero-order valence-electron chi connectivity index (χ0n) is 12.3. The van der Waals surface area contributed by atoms with Crippen LogP contribution >= 0.6 is 15.9 Å². The second kappa shape index (κ2) is 9.77. The van der Waals surface area contributed by atoms with E-state index in [0.29, 0.717) is 13.1 Å². The molecule has 2 N–H and O–H groups in total. The lowest BCUT2D eigenvalue weighted by Gasteiger charge is -2.18. The third-order valence-corrected chi connectivity index (χ3v) is 4.02. The first-order chi connectivity index (χ1) is 9.67. The van der Waals surface area contributed by atoms with E-state index in [1.807, 2.05) is 18.2 Å². The van der Waals surface area contributed by atoms with Gasteiger partial charge in [-0.1, -0.05) is 48.0 Å². The molecule has 0 fully saturated rings. The van der Waals surface area contributed by atoms with E-state index in [4.69, 9.17) is 0 Å². The lowest BCUT2D eigenvalue weighted by Crippen LogP contribution is -2.41. The maximum absolute atomic E-state index is 11.6. The van der Waals surface area contributed by atoms with Crippen LogP contribution in [-0.4, -0.2) is 43.7 Å². The molecule has 0 unspecified atom stereocenters. The van der Waals surface area contributed by atoms with Gasteiger partial charge in [0, 0.05) is 24.1 Å². The van der Waals surface area contributed by atoms with Gasteiger partial charge in [0.15, 0.2) is 0 Å². The minimum absolute atomic E-state index is 0.0933. The first-order valence-corrected chi connectivity index (χ1v) is 7.94. The quantitative estimate of drug-likeness (QED) is 0.763. The summed E-state index contributed by atoms with van der Waals surface area (Å²) >= 11 is 3.50. The number of likely N-dealkylation sites (N-methyl/N-ethyl adjacent to an activating group) is 1. The van der Waals surface area contributed by atoms with Gasteiger partial charge in [0.2, 0.25) is 0 Å². The van der Waals surface area contributed by atoms with Gasteiger partial charge in [-0.15, -0.1) is 0 Å². The minimum Gasteiger partial charge on any atom is -0.338 e. The van der Waals surface area contributed by atoms with Crippen molar-refractivity contribution in [2.45, 2.75) is 20.3 Å². The lowest BCUT2D eigenvalue weighted by atomic mass is 10.1. The van der Waals surface area contributed by atoms with Crippen molar-refractivity contribution in [1.29, 1.82) is 0 Å². The summed E-state index contributed by atoms with van der Waals surface area (Å²) in [6.07, 6.45) is 0.824. The fraction of sp³-hybridized carbons (Fsp3) is 0.533. The number of halogens is 1. The van der Waals surface area contributed by atoms with Gasteiger partial charge in [-0.2, -0.15) is 0 Å². The van der Waals surface area contributed by atoms with Gasteiger partial charge in [-0.05, 0) is 31.1 Å². The Balaban J connectivity index is 2.16. The van der Waals surface area contributed by atoms with E-state index in [1.165, 1.54) is 5.56 Å². The molecule has 20 heavy (non-hydrogen) atoms. The SMILES string of the molecule is CCN(CC)CCNC(=O)NCCc1ccccc1Br. The van der Waals surface area contributed by atoms with Gasteiger partial charge >= 0.3 is 6.03 Å². The molecule has 2 amide bonds. The number of benzene rings is 1. The van der Waals surface area contributed by atoms with Crippen LogP contribution in [0.4, 0.5) is 4.79 Å². The molecule has 0 heterocycles. The van der Waals surface area contributed by atoms with Gasteiger partial charge in [-0.3, -0.25) is 0 Å². The second-order valence-corrected chi connectivity index (χ2v) is 5.41. The van der Waals surface area contributed by atoms with E-state index in [0.717, 1.165) is 30.5 Å². The monoisotopic (exact) mass is 341 g/mol. The summed E-state index contributed by atoms with van der Waals surface area (Å²) in [6.45, 7) is 8.50. The van der Waals surface area contributed by atoms with Crippen molar-refractivity contribution in [3.05, 3.63) is 34.3 Å². The van der Waals surface area contributed by atoms with Crippen molar-refractivity contribution >= 4 is 22.0 Å². The van der Waals surface area contributed by atoms with Crippen molar-refractivity contribution in [1.82, 2.24) is 15.5 Å². The van der Waals surface area contributed by atoms with Crippen molar-refractivity contribution < 1.29 is 4.79 Å². The van der Waals surface area contributed by atoms with E-state index >= 15 is 0 Å². The number of amides is 2. The van der Waals surface area contributed by atoms with Crippen LogP contribution in [0.2, 0.25) is 0 Å². The highest BCUT2D eigenvalue weighted by molar-refractivity contribution is 9.10. The number of carbonyl (C=O) groups is 1. The highest BCUT2D eigenvalue weighted by Gasteiger charge is 2.03. The van der Waals surface area contributed by atoms with Gasteiger partial charge in [0.25, 0.3) is 0 Å². The molecule has 0 atom stereocenters. The number of hydrogen-bond acceptors (Lipinski definition) is 2. The molecule has 1 aromatic rings. The van der Waals surface area contributed by atoms with Crippen LogP contribution in [-0.2, 0) is 6.42 Å². The topological polar surface area (TPSA) is 44.4 Å². The lowest BCUT2D eigenvalue weighted by molar-refractivity contribution is 0.237. The Morgan fingerprint density at radius 2 is 1.80 bits per heavy atom. The smallest absolute Gasteiger partial charge is 0.314 e. The molecule has 0 aliphatic heterocycles. The summed E-state index contributed by atoms with van der Waals surface area (Å²) in [5, 5.41) is 5.76. The van der Waals surface area contributed by atoms with E-state index in [2.05, 4.69) is 51.4 Å². The van der Waals surface area contributed by atoms with Crippen LogP contribution in [0, 0.1) is 0 Å². The Kier molecular flexibility index (Phi) is 8.30. The number of hydrogen-bond donors (Lipinski definition) is 2. The standard InChI is InChI=1S/C15H24BrN3O/c1-3-19(4-2)12-11-18-15(20)17-10-9-13-7-5-6-8-14(13)16/h5-8H,3-4,9-12H2,1-2H3,(H2,17,18,20). The van der Waals surface area contributed by atoms with E-state index < -0.39 is 0 Å². The Bertz CT molecular complexity index is 408. The molecule has 4 nitrogen and oxygen atoms in total. The Morgan fingerprint density at radius 3 is 2.45 bits per heavy atom. The molecule has 112 valence electrons. The number of carbonyl (C=O) groups excluding carboxylic acids is 1. The average molecular weight is 342 g/mol. The Morgan fingerprint density at radius 1 is 1.15 bits per heavy atom. The number of nitrogens with zero attached hydrogens (tertiary/aromatic N) is 1. The van der Waals surface area contributed by atoms with Crippen LogP contribution in [0.5, 0.6) is 0 Å². The first-order valence-electron chi connectivity index (χ1n) is 7.14. The minimum atomic E-state index is -0.0933. The summed E-state index contributed by atoms with van der Waals surface area (Å²) in [7, 11) is 0. The molecule has 1 aromatic carbocycles.